The fraction of sp³-hybridized carbons (Fsp3) is 0.450. The molecule has 1 aromatic heterocycles. The standard InChI is InChI=1S/C20H27N3OS/c1-7-12(2)17-10-8-9-11-18(17)23-19(24)16(6)25-20-21-14(4)13(3)15(5)22-20/h8-12,16H,7H2,1-6H3,(H,23,24)/t12-,16+/m0/s1. The molecule has 0 aliphatic carbocycles. The molecule has 1 amide bonds. The van der Waals surface area contributed by atoms with E-state index in [1.165, 1.54) is 17.3 Å². The first-order valence-corrected chi connectivity index (χ1v) is 9.59. The van der Waals surface area contributed by atoms with Crippen molar-refractivity contribution in [1.82, 2.24) is 9.97 Å². The Kier molecular flexibility index (Phi) is 6.59. The van der Waals surface area contributed by atoms with Gasteiger partial charge in [-0.3, -0.25) is 4.79 Å². The van der Waals surface area contributed by atoms with Crippen LogP contribution >= 0.6 is 11.8 Å². The number of rotatable bonds is 6. The summed E-state index contributed by atoms with van der Waals surface area (Å²) in [7, 11) is 0. The number of carbonyl (C=O) groups excluding carboxylic acids is 1. The summed E-state index contributed by atoms with van der Waals surface area (Å²) in [6.45, 7) is 12.2. The lowest BCUT2D eigenvalue weighted by molar-refractivity contribution is -0.115. The molecule has 1 aromatic carbocycles. The van der Waals surface area contributed by atoms with Crippen LogP contribution in [0.1, 0.15) is 55.6 Å². The molecule has 1 N–H and O–H groups in total. The van der Waals surface area contributed by atoms with Crippen LogP contribution in [0.15, 0.2) is 29.4 Å². The van der Waals surface area contributed by atoms with Crippen LogP contribution in [-0.2, 0) is 4.79 Å². The Morgan fingerprint density at radius 1 is 1.12 bits per heavy atom. The van der Waals surface area contributed by atoms with Gasteiger partial charge in [-0.2, -0.15) is 0 Å². The average molecular weight is 358 g/mol. The van der Waals surface area contributed by atoms with Crippen molar-refractivity contribution < 1.29 is 4.79 Å². The molecule has 2 aromatic rings. The monoisotopic (exact) mass is 357 g/mol. The minimum Gasteiger partial charge on any atom is -0.325 e. The van der Waals surface area contributed by atoms with Crippen molar-refractivity contribution in [2.75, 3.05) is 5.32 Å². The van der Waals surface area contributed by atoms with E-state index in [0.29, 0.717) is 11.1 Å². The summed E-state index contributed by atoms with van der Waals surface area (Å²) in [5.74, 6) is 0.380. The molecule has 1 heterocycles. The number of aryl methyl sites for hydroxylation is 2. The molecule has 0 saturated carbocycles. The highest BCUT2D eigenvalue weighted by atomic mass is 32.2. The zero-order valence-corrected chi connectivity index (χ0v) is 16.7. The Morgan fingerprint density at radius 2 is 1.72 bits per heavy atom. The second-order valence-corrected chi connectivity index (χ2v) is 7.76. The van der Waals surface area contributed by atoms with Crippen LogP contribution in [-0.4, -0.2) is 21.1 Å². The third-order valence-corrected chi connectivity index (χ3v) is 5.59. The quantitative estimate of drug-likeness (QED) is 0.581. The normalized spacial score (nSPS) is 13.4. The Hall–Kier alpha value is -1.88. The van der Waals surface area contributed by atoms with Gasteiger partial charge in [0.15, 0.2) is 5.16 Å². The molecular weight excluding hydrogens is 330 g/mol. The molecule has 5 heteroatoms. The van der Waals surface area contributed by atoms with Crippen LogP contribution in [0.4, 0.5) is 5.69 Å². The Balaban J connectivity index is 2.11. The van der Waals surface area contributed by atoms with Crippen LogP contribution < -0.4 is 5.32 Å². The number of benzene rings is 1. The van der Waals surface area contributed by atoms with Crippen LogP contribution in [0.2, 0.25) is 0 Å². The van der Waals surface area contributed by atoms with Crippen LogP contribution in [0.25, 0.3) is 0 Å². The van der Waals surface area contributed by atoms with Crippen molar-refractivity contribution in [3.05, 3.63) is 46.8 Å². The molecule has 2 atom stereocenters. The SMILES string of the molecule is CC[C@H](C)c1ccccc1NC(=O)[C@@H](C)Sc1nc(C)c(C)c(C)n1. The van der Waals surface area contributed by atoms with E-state index in [1.54, 1.807) is 0 Å². The van der Waals surface area contributed by atoms with E-state index in [0.717, 1.165) is 29.1 Å². The Bertz CT molecular complexity index is 737. The molecule has 0 bridgehead atoms. The first-order chi connectivity index (χ1) is 11.8. The van der Waals surface area contributed by atoms with Gasteiger partial charge in [0.2, 0.25) is 5.91 Å². The molecule has 134 valence electrons. The van der Waals surface area contributed by atoms with Crippen LogP contribution in [0.3, 0.4) is 0 Å². The third-order valence-electron chi connectivity index (χ3n) is 4.63. The topological polar surface area (TPSA) is 54.9 Å². The van der Waals surface area contributed by atoms with Gasteiger partial charge >= 0.3 is 0 Å². The zero-order valence-electron chi connectivity index (χ0n) is 15.9. The number of aromatic nitrogens is 2. The Morgan fingerprint density at radius 3 is 2.32 bits per heavy atom. The highest BCUT2D eigenvalue weighted by Gasteiger charge is 2.19. The van der Waals surface area contributed by atoms with E-state index < -0.39 is 0 Å². The van der Waals surface area contributed by atoms with Gasteiger partial charge in [-0.25, -0.2) is 9.97 Å². The molecular formula is C20H27N3OS. The van der Waals surface area contributed by atoms with Crippen LogP contribution in [0, 0.1) is 20.8 Å². The molecule has 0 saturated heterocycles. The fourth-order valence-corrected chi connectivity index (χ4v) is 3.36. The first-order valence-electron chi connectivity index (χ1n) is 8.71. The van der Waals surface area contributed by atoms with Gasteiger partial charge in [0.1, 0.15) is 0 Å². The summed E-state index contributed by atoms with van der Waals surface area (Å²) < 4.78 is 0. The number of thioether (sulfide) groups is 1. The van der Waals surface area contributed by atoms with Gasteiger partial charge in [0, 0.05) is 17.1 Å². The zero-order chi connectivity index (χ0) is 18.6. The number of hydrogen-bond acceptors (Lipinski definition) is 4. The maximum Gasteiger partial charge on any atom is 0.237 e. The summed E-state index contributed by atoms with van der Waals surface area (Å²) in [4.78, 5) is 21.6. The predicted molar refractivity (Wildman–Crippen MR) is 105 cm³/mol. The molecule has 0 aliphatic rings. The molecule has 4 nitrogen and oxygen atoms in total. The van der Waals surface area contributed by atoms with Crippen molar-refractivity contribution in [2.45, 2.75) is 64.3 Å². The molecule has 0 aliphatic heterocycles. The van der Waals surface area contributed by atoms with Gasteiger partial charge in [0.05, 0.1) is 5.25 Å². The molecule has 25 heavy (non-hydrogen) atoms. The lowest BCUT2D eigenvalue weighted by Gasteiger charge is -2.17. The molecule has 0 fully saturated rings. The van der Waals surface area contributed by atoms with E-state index >= 15 is 0 Å². The van der Waals surface area contributed by atoms with Gasteiger partial charge in [-0.1, -0.05) is 43.8 Å². The predicted octanol–water partition coefficient (Wildman–Crippen LogP) is 5.03. The number of anilines is 1. The minimum atomic E-state index is -0.272. The van der Waals surface area contributed by atoms with Gasteiger partial charge in [-0.05, 0) is 57.2 Å². The molecule has 2 rings (SSSR count). The van der Waals surface area contributed by atoms with E-state index in [-0.39, 0.29) is 11.2 Å². The number of nitrogens with zero attached hydrogens (tertiary/aromatic N) is 2. The van der Waals surface area contributed by atoms with E-state index in [1.807, 2.05) is 45.9 Å². The van der Waals surface area contributed by atoms with Crippen molar-refractivity contribution in [2.24, 2.45) is 0 Å². The lowest BCUT2D eigenvalue weighted by atomic mass is 9.97. The number of nitrogens with one attached hydrogen (secondary N) is 1. The average Bonchev–Trinajstić information content (AvgIpc) is 2.59. The highest BCUT2D eigenvalue weighted by Crippen LogP contribution is 2.28. The molecule has 0 spiro atoms. The smallest absolute Gasteiger partial charge is 0.237 e. The van der Waals surface area contributed by atoms with E-state index in [4.69, 9.17) is 0 Å². The summed E-state index contributed by atoms with van der Waals surface area (Å²) in [6, 6.07) is 8.01. The van der Waals surface area contributed by atoms with Gasteiger partial charge in [-0.15, -0.1) is 0 Å². The second-order valence-electron chi connectivity index (χ2n) is 6.45. The summed E-state index contributed by atoms with van der Waals surface area (Å²) in [5.41, 5.74) is 5.10. The van der Waals surface area contributed by atoms with Crippen molar-refractivity contribution in [3.8, 4) is 0 Å². The van der Waals surface area contributed by atoms with Crippen LogP contribution in [0.5, 0.6) is 0 Å². The van der Waals surface area contributed by atoms with E-state index in [2.05, 4.69) is 35.2 Å². The van der Waals surface area contributed by atoms with Crippen molar-refractivity contribution >= 4 is 23.4 Å². The van der Waals surface area contributed by atoms with E-state index in [9.17, 15) is 4.79 Å². The number of para-hydroxylation sites is 1. The van der Waals surface area contributed by atoms with Crippen molar-refractivity contribution in [1.29, 1.82) is 0 Å². The fourth-order valence-electron chi connectivity index (χ4n) is 2.50. The molecule has 0 radical (unpaired) electrons. The maximum atomic E-state index is 12.6. The Labute approximate surface area is 154 Å². The largest absolute Gasteiger partial charge is 0.325 e. The number of hydrogen-bond donors (Lipinski definition) is 1. The first kappa shape index (κ1) is 19.4. The van der Waals surface area contributed by atoms with Gasteiger partial charge < -0.3 is 5.32 Å². The minimum absolute atomic E-state index is 0.0276. The highest BCUT2D eigenvalue weighted by molar-refractivity contribution is 8.00. The number of carbonyl (C=O) groups is 1. The van der Waals surface area contributed by atoms with Crippen molar-refractivity contribution in [3.63, 3.8) is 0 Å². The summed E-state index contributed by atoms with van der Waals surface area (Å²) >= 11 is 1.39. The summed E-state index contributed by atoms with van der Waals surface area (Å²) in [6.07, 6.45) is 1.03. The maximum absolute atomic E-state index is 12.6. The van der Waals surface area contributed by atoms with Gasteiger partial charge in [0.25, 0.3) is 0 Å². The number of amides is 1. The second kappa shape index (κ2) is 8.48. The lowest BCUT2D eigenvalue weighted by Crippen LogP contribution is -2.23. The molecule has 0 unspecified atom stereocenters. The third kappa shape index (κ3) is 4.82. The summed E-state index contributed by atoms with van der Waals surface area (Å²) in [5, 5.41) is 3.45.